The molecule has 1 aromatic rings. The molecule has 1 N–H and O–H groups in total. The van der Waals surface area contributed by atoms with Crippen LogP contribution in [-0.2, 0) is 0 Å². The van der Waals surface area contributed by atoms with Crippen molar-refractivity contribution in [3.63, 3.8) is 0 Å². The lowest BCUT2D eigenvalue weighted by molar-refractivity contribution is 0.580. The van der Waals surface area contributed by atoms with E-state index in [9.17, 15) is 0 Å². The molecule has 0 saturated carbocycles. The molecular formula is C13H17BrClN. The lowest BCUT2D eigenvalue weighted by Gasteiger charge is -2.19. The van der Waals surface area contributed by atoms with Crippen LogP contribution in [0.2, 0.25) is 5.02 Å². The maximum absolute atomic E-state index is 5.93. The number of rotatable bonds is 5. The Morgan fingerprint density at radius 3 is 2.75 bits per heavy atom. The van der Waals surface area contributed by atoms with E-state index in [1.54, 1.807) is 0 Å². The first-order valence-corrected chi connectivity index (χ1v) is 6.54. The second kappa shape index (κ2) is 6.43. The van der Waals surface area contributed by atoms with Crippen LogP contribution in [0.25, 0.3) is 0 Å². The van der Waals surface area contributed by atoms with Gasteiger partial charge in [0.25, 0.3) is 0 Å². The summed E-state index contributed by atoms with van der Waals surface area (Å²) in [5.41, 5.74) is 2.47. The van der Waals surface area contributed by atoms with Gasteiger partial charge in [-0.3, -0.25) is 0 Å². The molecule has 0 aliphatic heterocycles. The summed E-state index contributed by atoms with van der Waals surface area (Å²) in [5, 5.41) is 4.06. The molecular weight excluding hydrogens is 286 g/mol. The lowest BCUT2D eigenvalue weighted by atomic mass is 9.99. The summed E-state index contributed by atoms with van der Waals surface area (Å²) in [7, 11) is 1.97. The Morgan fingerprint density at radius 1 is 1.56 bits per heavy atom. The highest BCUT2D eigenvalue weighted by Crippen LogP contribution is 2.30. The molecule has 0 aliphatic carbocycles. The molecule has 0 heterocycles. The average Bonchev–Trinajstić information content (AvgIpc) is 2.26. The average molecular weight is 303 g/mol. The summed E-state index contributed by atoms with van der Waals surface area (Å²) in [6.07, 6.45) is 1.97. The standard InChI is InChI=1S/C13H17BrClN/c1-4-9(2)7-13(16-3)11-6-5-10(15)8-12(11)14/h5-6,8,13,16H,2,4,7H2,1,3H3. The fraction of sp³-hybridized carbons (Fsp3) is 0.385. The minimum Gasteiger partial charge on any atom is -0.313 e. The first kappa shape index (κ1) is 13.8. The molecule has 1 rings (SSSR count). The van der Waals surface area contributed by atoms with Gasteiger partial charge in [-0.05, 0) is 37.6 Å². The normalized spacial score (nSPS) is 12.5. The molecule has 88 valence electrons. The summed E-state index contributed by atoms with van der Waals surface area (Å²) in [6, 6.07) is 6.19. The molecule has 0 amide bonds. The van der Waals surface area contributed by atoms with Crippen LogP contribution in [0.1, 0.15) is 31.4 Å². The fourth-order valence-electron chi connectivity index (χ4n) is 1.58. The lowest BCUT2D eigenvalue weighted by Crippen LogP contribution is -2.17. The van der Waals surface area contributed by atoms with E-state index in [1.165, 1.54) is 11.1 Å². The van der Waals surface area contributed by atoms with Crippen molar-refractivity contribution in [2.45, 2.75) is 25.8 Å². The van der Waals surface area contributed by atoms with E-state index < -0.39 is 0 Å². The van der Waals surface area contributed by atoms with Crippen molar-refractivity contribution >= 4 is 27.5 Å². The highest BCUT2D eigenvalue weighted by atomic mass is 79.9. The summed E-state index contributed by atoms with van der Waals surface area (Å²) >= 11 is 9.48. The first-order valence-electron chi connectivity index (χ1n) is 5.37. The van der Waals surface area contributed by atoms with Crippen LogP contribution < -0.4 is 5.32 Å². The van der Waals surface area contributed by atoms with Crippen LogP contribution in [0.3, 0.4) is 0 Å². The maximum Gasteiger partial charge on any atom is 0.0417 e. The number of hydrogen-bond donors (Lipinski definition) is 1. The Bertz CT molecular complexity index is 376. The Balaban J connectivity index is 2.90. The van der Waals surface area contributed by atoms with E-state index in [4.69, 9.17) is 11.6 Å². The van der Waals surface area contributed by atoms with E-state index in [2.05, 4.69) is 40.8 Å². The third-order valence-corrected chi connectivity index (χ3v) is 3.60. The zero-order valence-electron chi connectivity index (χ0n) is 9.69. The molecule has 0 aromatic heterocycles. The second-order valence-electron chi connectivity index (χ2n) is 3.81. The molecule has 1 nitrogen and oxygen atoms in total. The molecule has 0 saturated heterocycles. The minimum absolute atomic E-state index is 0.291. The number of halogens is 2. The van der Waals surface area contributed by atoms with Gasteiger partial charge in [0.05, 0.1) is 0 Å². The van der Waals surface area contributed by atoms with Gasteiger partial charge < -0.3 is 5.32 Å². The van der Waals surface area contributed by atoms with Crippen molar-refractivity contribution in [2.24, 2.45) is 0 Å². The van der Waals surface area contributed by atoms with Crippen molar-refractivity contribution in [1.82, 2.24) is 5.32 Å². The van der Waals surface area contributed by atoms with Crippen LogP contribution in [-0.4, -0.2) is 7.05 Å². The Kier molecular flexibility index (Phi) is 5.53. The molecule has 3 heteroatoms. The van der Waals surface area contributed by atoms with Crippen molar-refractivity contribution in [3.05, 3.63) is 45.4 Å². The molecule has 0 spiro atoms. The van der Waals surface area contributed by atoms with Gasteiger partial charge >= 0.3 is 0 Å². The highest BCUT2D eigenvalue weighted by Gasteiger charge is 2.13. The van der Waals surface area contributed by atoms with Crippen molar-refractivity contribution in [3.8, 4) is 0 Å². The van der Waals surface area contributed by atoms with Gasteiger partial charge in [-0.2, -0.15) is 0 Å². The molecule has 1 unspecified atom stereocenters. The van der Waals surface area contributed by atoms with Crippen LogP contribution in [0.15, 0.2) is 34.8 Å². The van der Waals surface area contributed by atoms with Crippen molar-refractivity contribution in [2.75, 3.05) is 7.05 Å². The fourth-order valence-corrected chi connectivity index (χ4v) is 2.54. The first-order chi connectivity index (χ1) is 7.58. The van der Waals surface area contributed by atoms with Gasteiger partial charge in [0.1, 0.15) is 0 Å². The Hall–Kier alpha value is -0.310. The molecule has 0 aliphatic rings. The summed E-state index contributed by atoms with van der Waals surface area (Å²) < 4.78 is 1.04. The third kappa shape index (κ3) is 3.62. The van der Waals surface area contributed by atoms with E-state index in [0.717, 1.165) is 22.3 Å². The molecule has 0 bridgehead atoms. The zero-order valence-corrected chi connectivity index (χ0v) is 12.0. The Labute approximate surface area is 111 Å². The SMILES string of the molecule is C=C(CC)CC(NC)c1ccc(Cl)cc1Br. The van der Waals surface area contributed by atoms with Gasteiger partial charge in [-0.15, -0.1) is 0 Å². The predicted molar refractivity (Wildman–Crippen MR) is 75.0 cm³/mol. The van der Waals surface area contributed by atoms with E-state index in [-0.39, 0.29) is 0 Å². The smallest absolute Gasteiger partial charge is 0.0417 e. The van der Waals surface area contributed by atoms with Crippen LogP contribution in [0, 0.1) is 0 Å². The minimum atomic E-state index is 0.291. The van der Waals surface area contributed by atoms with Gasteiger partial charge in [0.15, 0.2) is 0 Å². The predicted octanol–water partition coefficient (Wildman–Crippen LogP) is 4.72. The largest absolute Gasteiger partial charge is 0.313 e. The third-order valence-electron chi connectivity index (χ3n) is 2.68. The maximum atomic E-state index is 5.93. The topological polar surface area (TPSA) is 12.0 Å². The van der Waals surface area contributed by atoms with Crippen LogP contribution >= 0.6 is 27.5 Å². The van der Waals surface area contributed by atoms with Gasteiger partial charge in [-0.1, -0.05) is 52.7 Å². The number of nitrogens with one attached hydrogen (secondary N) is 1. The molecule has 0 radical (unpaired) electrons. The van der Waals surface area contributed by atoms with Gasteiger partial charge in [0, 0.05) is 15.5 Å². The van der Waals surface area contributed by atoms with Gasteiger partial charge in [-0.25, -0.2) is 0 Å². The summed E-state index contributed by atoms with van der Waals surface area (Å²) in [4.78, 5) is 0. The monoisotopic (exact) mass is 301 g/mol. The van der Waals surface area contributed by atoms with Crippen molar-refractivity contribution < 1.29 is 0 Å². The molecule has 16 heavy (non-hydrogen) atoms. The second-order valence-corrected chi connectivity index (χ2v) is 5.11. The molecule has 0 fully saturated rings. The Morgan fingerprint density at radius 2 is 2.25 bits per heavy atom. The van der Waals surface area contributed by atoms with E-state index in [0.29, 0.717) is 6.04 Å². The van der Waals surface area contributed by atoms with Crippen LogP contribution in [0.4, 0.5) is 0 Å². The zero-order chi connectivity index (χ0) is 12.1. The number of benzene rings is 1. The van der Waals surface area contributed by atoms with E-state index >= 15 is 0 Å². The molecule has 1 atom stereocenters. The van der Waals surface area contributed by atoms with Gasteiger partial charge in [0.2, 0.25) is 0 Å². The summed E-state index contributed by atoms with van der Waals surface area (Å²) in [6.45, 7) is 6.18. The highest BCUT2D eigenvalue weighted by molar-refractivity contribution is 9.10. The van der Waals surface area contributed by atoms with Crippen molar-refractivity contribution in [1.29, 1.82) is 0 Å². The quantitative estimate of drug-likeness (QED) is 0.776. The summed E-state index contributed by atoms with van der Waals surface area (Å²) in [5.74, 6) is 0. The van der Waals surface area contributed by atoms with E-state index in [1.807, 2.05) is 19.2 Å². The van der Waals surface area contributed by atoms with Crippen LogP contribution in [0.5, 0.6) is 0 Å². The number of hydrogen-bond acceptors (Lipinski definition) is 1. The molecule has 1 aromatic carbocycles.